The van der Waals surface area contributed by atoms with E-state index in [1.807, 2.05) is 11.4 Å². The van der Waals surface area contributed by atoms with E-state index >= 15 is 0 Å². The maximum atomic E-state index is 5.97. The molecule has 2 aromatic carbocycles. The molecule has 168 valence electrons. The van der Waals surface area contributed by atoms with Gasteiger partial charge in [0.05, 0.1) is 0 Å². The summed E-state index contributed by atoms with van der Waals surface area (Å²) in [6, 6.07) is 21.1. The first-order chi connectivity index (χ1) is 14.7. The fraction of sp³-hybridized carbons (Fsp3) is 0.240. The van der Waals surface area contributed by atoms with Crippen LogP contribution in [0.5, 0.6) is 0 Å². The zero-order chi connectivity index (χ0) is 22.9. The molecule has 0 aliphatic carbocycles. The van der Waals surface area contributed by atoms with Gasteiger partial charge in [-0.25, -0.2) is 0 Å². The van der Waals surface area contributed by atoms with Crippen molar-refractivity contribution in [3.63, 3.8) is 0 Å². The third-order valence-electron chi connectivity index (χ3n) is 4.77. The minimum absolute atomic E-state index is 0.918. The molecular formula is C25H34N2OPtSi2. The minimum atomic E-state index is -1.58. The SMILES string of the molecule is C=C[Si](C)(C)O[Si](C)(C)C=C.[Pt]=[c]1n(Cc2ccccc2)ccn1Cc1ccccc1. The van der Waals surface area contributed by atoms with Crippen molar-refractivity contribution < 1.29 is 23.5 Å². The number of nitrogens with zero attached hydrogens (tertiary/aromatic N) is 2. The van der Waals surface area contributed by atoms with Crippen LogP contribution >= 0.6 is 0 Å². The van der Waals surface area contributed by atoms with Crippen LogP contribution in [-0.2, 0) is 36.6 Å². The fourth-order valence-electron chi connectivity index (χ4n) is 2.99. The molecule has 0 saturated heterocycles. The normalized spacial score (nSPS) is 11.4. The van der Waals surface area contributed by atoms with Crippen LogP contribution in [0.25, 0.3) is 0 Å². The van der Waals surface area contributed by atoms with E-state index in [-0.39, 0.29) is 0 Å². The first-order valence-electron chi connectivity index (χ1n) is 10.4. The zero-order valence-electron chi connectivity index (χ0n) is 19.0. The average molecular weight is 630 g/mol. The topological polar surface area (TPSA) is 19.1 Å². The molecular weight excluding hydrogens is 596 g/mol. The van der Waals surface area contributed by atoms with E-state index in [4.69, 9.17) is 4.12 Å². The summed E-state index contributed by atoms with van der Waals surface area (Å²) in [5.41, 5.74) is 6.58. The van der Waals surface area contributed by atoms with Crippen LogP contribution in [0.2, 0.25) is 26.2 Å². The number of hydrogen-bond acceptors (Lipinski definition) is 1. The van der Waals surface area contributed by atoms with Crippen molar-refractivity contribution >= 4 is 16.6 Å². The Morgan fingerprint density at radius 1 is 0.742 bits per heavy atom. The monoisotopic (exact) mass is 629 g/mol. The van der Waals surface area contributed by atoms with Gasteiger partial charge in [0.1, 0.15) is 0 Å². The molecule has 0 fully saturated rings. The average Bonchev–Trinajstić information content (AvgIpc) is 3.09. The molecule has 3 aromatic rings. The summed E-state index contributed by atoms with van der Waals surface area (Å²) in [6.07, 6.45) is 4.30. The summed E-state index contributed by atoms with van der Waals surface area (Å²) in [4.78, 5) is 0. The number of hydrogen-bond donors (Lipinski definition) is 0. The van der Waals surface area contributed by atoms with Crippen molar-refractivity contribution in [1.82, 2.24) is 9.13 Å². The van der Waals surface area contributed by atoms with E-state index < -0.39 is 16.6 Å². The van der Waals surface area contributed by atoms with Crippen LogP contribution in [0.4, 0.5) is 0 Å². The van der Waals surface area contributed by atoms with E-state index in [1.165, 1.54) is 14.9 Å². The van der Waals surface area contributed by atoms with Crippen molar-refractivity contribution in [3.05, 3.63) is 113 Å². The predicted octanol–water partition coefficient (Wildman–Crippen LogP) is 6.33. The summed E-state index contributed by atoms with van der Waals surface area (Å²) >= 11 is 2.40. The van der Waals surface area contributed by atoms with Gasteiger partial charge in [0, 0.05) is 0 Å². The van der Waals surface area contributed by atoms with Crippen LogP contribution in [0.15, 0.2) is 97.6 Å². The maximum absolute atomic E-state index is 5.97. The Bertz CT molecular complexity index is 944. The standard InChI is InChI=1S/C17H16N2.C8H18OSi2.Pt/c1-3-7-16(8-4-1)13-18-11-12-19(15-18)14-17-9-5-2-6-10-17;1-7-10(3,4)9-11(5,6)8-2;/h1-12H,13-14H2;7-8H,1-2H2,3-6H3;. The Morgan fingerprint density at radius 3 is 1.42 bits per heavy atom. The van der Waals surface area contributed by atoms with Crippen LogP contribution in [0, 0.1) is 3.80 Å². The number of rotatable bonds is 8. The molecule has 0 aliphatic heterocycles. The van der Waals surface area contributed by atoms with E-state index in [2.05, 4.69) is 141 Å². The zero-order valence-corrected chi connectivity index (χ0v) is 23.3. The second-order valence-corrected chi connectivity index (χ2v) is 17.5. The molecule has 0 unspecified atom stereocenters. The van der Waals surface area contributed by atoms with Crippen molar-refractivity contribution in [1.29, 1.82) is 0 Å². The molecule has 0 amide bonds. The predicted molar refractivity (Wildman–Crippen MR) is 133 cm³/mol. The third-order valence-corrected chi connectivity index (χ3v) is 12.2. The van der Waals surface area contributed by atoms with Crippen LogP contribution in [0.3, 0.4) is 0 Å². The second kappa shape index (κ2) is 11.7. The van der Waals surface area contributed by atoms with Gasteiger partial charge in [-0.2, -0.15) is 0 Å². The second-order valence-electron chi connectivity index (χ2n) is 8.48. The van der Waals surface area contributed by atoms with E-state index in [9.17, 15) is 0 Å². The molecule has 0 aliphatic rings. The van der Waals surface area contributed by atoms with Crippen LogP contribution in [-0.4, -0.2) is 25.8 Å². The van der Waals surface area contributed by atoms with E-state index in [0.717, 1.165) is 13.1 Å². The number of benzene rings is 2. The van der Waals surface area contributed by atoms with Gasteiger partial charge in [-0.15, -0.1) is 13.2 Å². The van der Waals surface area contributed by atoms with Crippen LogP contribution in [0.1, 0.15) is 11.1 Å². The molecule has 0 N–H and O–H groups in total. The fourth-order valence-corrected chi connectivity index (χ4v) is 9.78. The summed E-state index contributed by atoms with van der Waals surface area (Å²) in [7, 11) is -3.16. The van der Waals surface area contributed by atoms with Crippen molar-refractivity contribution in [2.45, 2.75) is 39.3 Å². The Morgan fingerprint density at radius 2 is 1.10 bits per heavy atom. The molecule has 0 saturated carbocycles. The van der Waals surface area contributed by atoms with Gasteiger partial charge in [-0.05, 0) is 26.2 Å². The number of aromatic nitrogens is 2. The van der Waals surface area contributed by atoms with E-state index in [0.29, 0.717) is 0 Å². The first-order valence-corrected chi connectivity index (χ1v) is 17.5. The molecule has 0 spiro atoms. The summed E-state index contributed by atoms with van der Waals surface area (Å²) in [6.45, 7) is 18.0. The molecule has 0 bridgehead atoms. The summed E-state index contributed by atoms with van der Waals surface area (Å²) < 4.78 is 11.8. The van der Waals surface area contributed by atoms with Gasteiger partial charge < -0.3 is 4.12 Å². The Kier molecular flexibility index (Phi) is 9.63. The van der Waals surface area contributed by atoms with Crippen molar-refractivity contribution in [3.8, 4) is 0 Å². The van der Waals surface area contributed by atoms with Gasteiger partial charge in [0.2, 0.25) is 0 Å². The molecule has 1 heterocycles. The number of imidazole rings is 1. The van der Waals surface area contributed by atoms with Crippen molar-refractivity contribution in [2.24, 2.45) is 0 Å². The quantitative estimate of drug-likeness (QED) is 0.267. The summed E-state index contributed by atoms with van der Waals surface area (Å²) in [5.74, 6) is 0. The molecule has 31 heavy (non-hydrogen) atoms. The molecule has 3 nitrogen and oxygen atoms in total. The Labute approximate surface area is 200 Å². The molecule has 0 radical (unpaired) electrons. The van der Waals surface area contributed by atoms with Crippen molar-refractivity contribution in [2.75, 3.05) is 0 Å². The van der Waals surface area contributed by atoms with Gasteiger partial charge in [0.25, 0.3) is 0 Å². The first kappa shape index (κ1) is 25.5. The van der Waals surface area contributed by atoms with Gasteiger partial charge >= 0.3 is 130 Å². The Hall–Kier alpha value is -1.79. The third kappa shape index (κ3) is 8.70. The van der Waals surface area contributed by atoms with Gasteiger partial charge in [-0.3, -0.25) is 0 Å². The molecule has 0 atom stereocenters. The van der Waals surface area contributed by atoms with Gasteiger partial charge in [-0.1, -0.05) is 11.4 Å². The van der Waals surface area contributed by atoms with E-state index in [1.54, 1.807) is 0 Å². The van der Waals surface area contributed by atoms with Gasteiger partial charge in [0.15, 0.2) is 16.6 Å². The molecule has 1 aromatic heterocycles. The summed E-state index contributed by atoms with van der Waals surface area (Å²) in [5, 5.41) is 0. The molecule has 3 rings (SSSR count). The molecule has 6 heteroatoms. The Balaban J connectivity index is 0.000000267. The van der Waals surface area contributed by atoms with Crippen LogP contribution < -0.4 is 0 Å².